The predicted octanol–water partition coefficient (Wildman–Crippen LogP) is 1.93. The lowest BCUT2D eigenvalue weighted by Gasteiger charge is -2.36. The van der Waals surface area contributed by atoms with Crippen molar-refractivity contribution in [1.29, 1.82) is 0 Å². The molecule has 142 valence electrons. The van der Waals surface area contributed by atoms with Crippen molar-refractivity contribution in [2.75, 3.05) is 26.2 Å². The van der Waals surface area contributed by atoms with Crippen LogP contribution in [0.5, 0.6) is 0 Å². The summed E-state index contributed by atoms with van der Waals surface area (Å²) in [4.78, 5) is 28.4. The zero-order valence-electron chi connectivity index (χ0n) is 15.1. The van der Waals surface area contributed by atoms with E-state index in [0.717, 1.165) is 43.8 Å². The average molecular weight is 377 g/mol. The molecule has 2 atom stereocenters. The Kier molecular flexibility index (Phi) is 5.18. The molecular formula is C19H28N4O2S. The number of nitrogens with zero attached hydrogens (tertiary/aromatic N) is 1. The molecule has 1 aromatic rings. The molecule has 0 aromatic carbocycles. The van der Waals surface area contributed by atoms with E-state index in [1.54, 1.807) is 11.3 Å². The Morgan fingerprint density at radius 1 is 1.27 bits per heavy atom. The number of thiophene rings is 1. The smallest absolute Gasteiger partial charge is 0.317 e. The van der Waals surface area contributed by atoms with Gasteiger partial charge in [-0.25, -0.2) is 4.79 Å². The van der Waals surface area contributed by atoms with Crippen LogP contribution in [-0.4, -0.2) is 49.1 Å². The minimum Gasteiger partial charge on any atom is -0.351 e. The standard InChI is InChI=1S/C19H28N4O2S/c24-17(21-12-14-2-1-11-26-14)15-13-20-8-3-16(15)22-18(25)23-9-6-19(4-5-19)7-10-23/h1-2,11,15-16,20H,3-10,12-13H2,(H,21,24)(H,22,25)/t15-,16+/m0/s1. The van der Waals surface area contributed by atoms with E-state index in [0.29, 0.717) is 18.5 Å². The van der Waals surface area contributed by atoms with Crippen molar-refractivity contribution in [2.24, 2.45) is 11.3 Å². The van der Waals surface area contributed by atoms with Gasteiger partial charge in [0, 0.05) is 30.6 Å². The summed E-state index contributed by atoms with van der Waals surface area (Å²) in [5.41, 5.74) is 0.565. The number of urea groups is 1. The normalized spacial score (nSPS) is 27.2. The first-order valence-electron chi connectivity index (χ1n) is 9.72. The molecule has 26 heavy (non-hydrogen) atoms. The first-order chi connectivity index (χ1) is 12.7. The lowest BCUT2D eigenvalue weighted by Crippen LogP contribution is -2.57. The molecule has 1 aliphatic carbocycles. The summed E-state index contributed by atoms with van der Waals surface area (Å²) >= 11 is 1.64. The minimum atomic E-state index is -0.216. The summed E-state index contributed by atoms with van der Waals surface area (Å²) < 4.78 is 0. The van der Waals surface area contributed by atoms with Gasteiger partial charge in [-0.2, -0.15) is 0 Å². The summed E-state index contributed by atoms with van der Waals surface area (Å²) in [6.07, 6.45) is 5.74. The van der Waals surface area contributed by atoms with Gasteiger partial charge in [-0.3, -0.25) is 4.79 Å². The molecule has 0 unspecified atom stereocenters. The Morgan fingerprint density at radius 3 is 2.77 bits per heavy atom. The second-order valence-corrected chi connectivity index (χ2v) is 8.97. The average Bonchev–Trinajstić information content (AvgIpc) is 3.20. The molecule has 1 aromatic heterocycles. The summed E-state index contributed by atoms with van der Waals surface area (Å²) in [5, 5.41) is 11.5. The highest BCUT2D eigenvalue weighted by Gasteiger charge is 2.45. The van der Waals surface area contributed by atoms with Crippen LogP contribution in [0.1, 0.15) is 37.0 Å². The molecule has 3 aliphatic rings. The fraction of sp³-hybridized carbons (Fsp3) is 0.684. The summed E-state index contributed by atoms with van der Waals surface area (Å²) in [6, 6.07) is 3.92. The number of hydrogen-bond donors (Lipinski definition) is 3. The van der Waals surface area contributed by atoms with Crippen LogP contribution in [0.4, 0.5) is 4.79 Å². The van der Waals surface area contributed by atoms with Crippen molar-refractivity contribution in [3.8, 4) is 0 Å². The van der Waals surface area contributed by atoms with Crippen molar-refractivity contribution in [3.63, 3.8) is 0 Å². The summed E-state index contributed by atoms with van der Waals surface area (Å²) in [5.74, 6) is -0.196. The first-order valence-corrected chi connectivity index (χ1v) is 10.6. The zero-order valence-corrected chi connectivity index (χ0v) is 15.9. The largest absolute Gasteiger partial charge is 0.351 e. The second kappa shape index (κ2) is 7.56. The van der Waals surface area contributed by atoms with Gasteiger partial charge in [0.05, 0.1) is 12.5 Å². The Bertz CT molecular complexity index is 634. The van der Waals surface area contributed by atoms with Crippen LogP contribution < -0.4 is 16.0 Å². The van der Waals surface area contributed by atoms with Crippen LogP contribution in [-0.2, 0) is 11.3 Å². The number of rotatable bonds is 4. The third-order valence-corrected chi connectivity index (χ3v) is 7.09. The number of nitrogens with one attached hydrogen (secondary N) is 3. The molecule has 3 heterocycles. The zero-order chi connectivity index (χ0) is 18.0. The monoisotopic (exact) mass is 376 g/mol. The van der Waals surface area contributed by atoms with E-state index < -0.39 is 0 Å². The lowest BCUT2D eigenvalue weighted by molar-refractivity contribution is -0.126. The van der Waals surface area contributed by atoms with E-state index in [1.807, 2.05) is 22.4 Å². The van der Waals surface area contributed by atoms with E-state index in [4.69, 9.17) is 0 Å². The molecule has 0 radical (unpaired) electrons. The molecule has 3 N–H and O–H groups in total. The fourth-order valence-corrected chi connectivity index (χ4v) is 4.78. The molecular weight excluding hydrogens is 348 g/mol. The van der Waals surface area contributed by atoms with E-state index >= 15 is 0 Å². The molecule has 2 saturated heterocycles. The molecule has 4 rings (SSSR count). The van der Waals surface area contributed by atoms with Gasteiger partial charge in [-0.15, -0.1) is 11.3 Å². The van der Waals surface area contributed by atoms with E-state index in [1.165, 1.54) is 12.8 Å². The second-order valence-electron chi connectivity index (χ2n) is 7.94. The van der Waals surface area contributed by atoms with Gasteiger partial charge < -0.3 is 20.9 Å². The molecule has 1 spiro atoms. The Morgan fingerprint density at radius 2 is 2.08 bits per heavy atom. The highest BCUT2D eigenvalue weighted by molar-refractivity contribution is 7.09. The molecule has 0 bridgehead atoms. The predicted molar refractivity (Wildman–Crippen MR) is 102 cm³/mol. The molecule has 2 aliphatic heterocycles. The summed E-state index contributed by atoms with van der Waals surface area (Å²) in [7, 11) is 0. The SMILES string of the molecule is O=C(NCc1cccs1)[C@H]1CNCC[C@H]1NC(=O)N1CCC2(CC1)CC2. The highest BCUT2D eigenvalue weighted by Crippen LogP contribution is 2.53. The number of carbonyl (C=O) groups excluding carboxylic acids is 2. The van der Waals surface area contributed by atoms with E-state index in [-0.39, 0.29) is 23.9 Å². The third-order valence-electron chi connectivity index (χ3n) is 6.21. The van der Waals surface area contributed by atoms with Crippen LogP contribution in [0, 0.1) is 11.3 Å². The van der Waals surface area contributed by atoms with Gasteiger partial charge >= 0.3 is 6.03 Å². The topological polar surface area (TPSA) is 73.5 Å². The van der Waals surface area contributed by atoms with Crippen LogP contribution in [0.25, 0.3) is 0 Å². The third kappa shape index (κ3) is 4.04. The number of likely N-dealkylation sites (tertiary alicyclic amines) is 1. The van der Waals surface area contributed by atoms with Gasteiger partial charge in [0.15, 0.2) is 0 Å². The van der Waals surface area contributed by atoms with E-state index in [9.17, 15) is 9.59 Å². The van der Waals surface area contributed by atoms with Gasteiger partial charge in [-0.1, -0.05) is 6.07 Å². The molecule has 1 saturated carbocycles. The maximum Gasteiger partial charge on any atom is 0.317 e. The maximum atomic E-state index is 12.7. The maximum absolute atomic E-state index is 12.7. The highest BCUT2D eigenvalue weighted by atomic mass is 32.1. The lowest BCUT2D eigenvalue weighted by atomic mass is 9.92. The van der Waals surface area contributed by atoms with Crippen molar-refractivity contribution < 1.29 is 9.59 Å². The number of piperidine rings is 2. The van der Waals surface area contributed by atoms with Crippen LogP contribution in [0.15, 0.2) is 17.5 Å². The van der Waals surface area contributed by atoms with Gasteiger partial charge in [-0.05, 0) is 55.5 Å². The number of amides is 3. The fourth-order valence-electron chi connectivity index (χ4n) is 4.14. The van der Waals surface area contributed by atoms with Crippen molar-refractivity contribution >= 4 is 23.3 Å². The molecule has 6 nitrogen and oxygen atoms in total. The number of hydrogen-bond acceptors (Lipinski definition) is 4. The van der Waals surface area contributed by atoms with Gasteiger partial charge in [0.1, 0.15) is 0 Å². The molecule has 3 fully saturated rings. The van der Waals surface area contributed by atoms with Gasteiger partial charge in [0.25, 0.3) is 0 Å². The Balaban J connectivity index is 1.30. The Hall–Kier alpha value is -1.60. The molecule has 3 amide bonds. The van der Waals surface area contributed by atoms with Crippen LogP contribution in [0.3, 0.4) is 0 Å². The molecule has 7 heteroatoms. The van der Waals surface area contributed by atoms with Crippen molar-refractivity contribution in [2.45, 2.75) is 44.7 Å². The van der Waals surface area contributed by atoms with Crippen LogP contribution in [0.2, 0.25) is 0 Å². The van der Waals surface area contributed by atoms with E-state index in [2.05, 4.69) is 16.0 Å². The summed E-state index contributed by atoms with van der Waals surface area (Å²) in [6.45, 7) is 3.72. The van der Waals surface area contributed by atoms with Crippen molar-refractivity contribution in [1.82, 2.24) is 20.9 Å². The van der Waals surface area contributed by atoms with Crippen molar-refractivity contribution in [3.05, 3.63) is 22.4 Å². The Labute approximate surface area is 158 Å². The quantitative estimate of drug-likeness (QED) is 0.752. The van der Waals surface area contributed by atoms with Gasteiger partial charge in [0.2, 0.25) is 5.91 Å². The first kappa shape index (κ1) is 17.8. The van der Waals surface area contributed by atoms with Crippen LogP contribution >= 0.6 is 11.3 Å². The minimum absolute atomic E-state index is 0.00320. The number of carbonyl (C=O) groups is 2.